The fourth-order valence-electron chi connectivity index (χ4n) is 2.53. The molecule has 2 heterocycles. The van der Waals surface area contributed by atoms with Gasteiger partial charge in [-0.05, 0) is 6.42 Å². The number of nitrogens with two attached hydrogens (primary N) is 1. The van der Waals surface area contributed by atoms with E-state index in [-0.39, 0.29) is 31.0 Å². The van der Waals surface area contributed by atoms with Crippen LogP contribution < -0.4 is 25.3 Å². The number of aromatic nitrogens is 3. The Kier molecular flexibility index (Phi) is 7.87. The number of rotatable bonds is 11. The molecule has 0 saturated heterocycles. The maximum atomic E-state index is 9.58. The number of pyridine rings is 1. The number of anilines is 2. The van der Waals surface area contributed by atoms with Crippen LogP contribution in [0.15, 0.2) is 18.5 Å². The predicted octanol–water partition coefficient (Wildman–Crippen LogP) is 2.01. The van der Waals surface area contributed by atoms with E-state index in [9.17, 15) is 5.11 Å². The van der Waals surface area contributed by atoms with Crippen LogP contribution in [0.3, 0.4) is 0 Å². The zero-order valence-corrected chi connectivity index (χ0v) is 15.9. The van der Waals surface area contributed by atoms with Gasteiger partial charge in [0.25, 0.3) is 5.88 Å². The number of nitrogens with one attached hydrogen (secondary N) is 1. The van der Waals surface area contributed by atoms with E-state index in [4.69, 9.17) is 19.9 Å². The SMILES string of the molecule is CCCC[C@@H](CO)Nc1nc(N)cnc1OCc1nccc(OC)c1OC. The lowest BCUT2D eigenvalue weighted by molar-refractivity contribution is 0.262. The quantitative estimate of drug-likeness (QED) is 0.539. The lowest BCUT2D eigenvalue weighted by Gasteiger charge is -2.19. The molecule has 2 aromatic rings. The van der Waals surface area contributed by atoms with E-state index in [1.54, 1.807) is 26.5 Å². The van der Waals surface area contributed by atoms with Gasteiger partial charge in [0.15, 0.2) is 17.3 Å². The highest BCUT2D eigenvalue weighted by atomic mass is 16.5. The van der Waals surface area contributed by atoms with Crippen molar-refractivity contribution in [2.45, 2.75) is 38.8 Å². The van der Waals surface area contributed by atoms with Gasteiger partial charge in [-0.3, -0.25) is 4.98 Å². The van der Waals surface area contributed by atoms with Gasteiger partial charge in [0.1, 0.15) is 18.1 Å². The van der Waals surface area contributed by atoms with Gasteiger partial charge < -0.3 is 30.4 Å². The van der Waals surface area contributed by atoms with E-state index < -0.39 is 0 Å². The van der Waals surface area contributed by atoms with Crippen LogP contribution >= 0.6 is 0 Å². The van der Waals surface area contributed by atoms with Gasteiger partial charge >= 0.3 is 0 Å². The Morgan fingerprint density at radius 1 is 1.26 bits per heavy atom. The normalized spacial score (nSPS) is 11.7. The summed E-state index contributed by atoms with van der Waals surface area (Å²) in [5.74, 6) is 1.97. The molecule has 1 atom stereocenters. The number of hydrogen-bond donors (Lipinski definition) is 3. The maximum absolute atomic E-state index is 9.58. The first kappa shape index (κ1) is 20.5. The molecule has 0 bridgehead atoms. The number of ether oxygens (including phenoxy) is 3. The topological polar surface area (TPSA) is 125 Å². The summed E-state index contributed by atoms with van der Waals surface area (Å²) in [4.78, 5) is 12.7. The molecular weight excluding hydrogens is 350 g/mol. The number of nitrogen functional groups attached to an aromatic ring is 1. The highest BCUT2D eigenvalue weighted by molar-refractivity contribution is 5.50. The Balaban J connectivity index is 2.17. The number of unbranched alkanes of at least 4 members (excludes halogenated alkanes) is 1. The third kappa shape index (κ3) is 5.58. The summed E-state index contributed by atoms with van der Waals surface area (Å²) < 4.78 is 16.4. The van der Waals surface area contributed by atoms with Gasteiger partial charge in [0, 0.05) is 12.3 Å². The second-order valence-electron chi connectivity index (χ2n) is 5.90. The van der Waals surface area contributed by atoms with Crippen LogP contribution in [0.1, 0.15) is 31.9 Å². The Bertz CT molecular complexity index is 729. The number of hydrogen-bond acceptors (Lipinski definition) is 9. The van der Waals surface area contributed by atoms with E-state index in [0.717, 1.165) is 19.3 Å². The Morgan fingerprint density at radius 2 is 2.07 bits per heavy atom. The fourth-order valence-corrected chi connectivity index (χ4v) is 2.53. The van der Waals surface area contributed by atoms with Gasteiger partial charge in [0.05, 0.1) is 33.1 Å². The molecule has 2 rings (SSSR count). The zero-order chi connectivity index (χ0) is 19.6. The highest BCUT2D eigenvalue weighted by Crippen LogP contribution is 2.30. The molecule has 4 N–H and O–H groups in total. The van der Waals surface area contributed by atoms with Crippen LogP contribution in [-0.4, -0.2) is 46.9 Å². The predicted molar refractivity (Wildman–Crippen MR) is 102 cm³/mol. The molecule has 0 aliphatic rings. The van der Waals surface area contributed by atoms with E-state index in [1.165, 1.54) is 6.20 Å². The highest BCUT2D eigenvalue weighted by Gasteiger charge is 2.16. The molecule has 2 aromatic heterocycles. The van der Waals surface area contributed by atoms with Crippen molar-refractivity contribution in [2.75, 3.05) is 31.9 Å². The Hall–Kier alpha value is -2.81. The van der Waals surface area contributed by atoms with Crippen LogP contribution in [0.4, 0.5) is 11.6 Å². The van der Waals surface area contributed by atoms with E-state index in [2.05, 4.69) is 27.2 Å². The summed E-state index contributed by atoms with van der Waals surface area (Å²) in [5.41, 5.74) is 6.32. The minimum absolute atomic E-state index is 0.0266. The molecule has 0 aliphatic carbocycles. The van der Waals surface area contributed by atoms with Gasteiger partial charge in [0.2, 0.25) is 0 Å². The smallest absolute Gasteiger partial charge is 0.257 e. The van der Waals surface area contributed by atoms with Crippen molar-refractivity contribution in [1.82, 2.24) is 15.0 Å². The van der Waals surface area contributed by atoms with Crippen LogP contribution in [0.5, 0.6) is 17.4 Å². The standard InChI is InChI=1S/C18H27N5O4/c1-4-5-6-12(10-24)22-17-18(21-9-15(19)23-17)27-11-13-16(26-3)14(25-2)7-8-20-13/h7-9,12,24H,4-6,10-11H2,1-3H3,(H3,19,22,23)/t12-/m0/s1. The summed E-state index contributed by atoms with van der Waals surface area (Å²) in [5, 5.41) is 12.7. The van der Waals surface area contributed by atoms with Crippen molar-refractivity contribution in [3.05, 3.63) is 24.2 Å². The van der Waals surface area contributed by atoms with E-state index in [1.807, 2.05) is 0 Å². The summed E-state index contributed by atoms with van der Waals surface area (Å²) >= 11 is 0. The molecule has 0 amide bonds. The number of aliphatic hydroxyl groups is 1. The molecule has 27 heavy (non-hydrogen) atoms. The van der Waals surface area contributed by atoms with Crippen LogP contribution in [0.25, 0.3) is 0 Å². The average molecular weight is 377 g/mol. The summed E-state index contributed by atoms with van der Waals surface area (Å²) in [6.45, 7) is 2.17. The Labute approximate surface area is 158 Å². The lowest BCUT2D eigenvalue weighted by atomic mass is 10.1. The molecule has 148 valence electrons. The van der Waals surface area contributed by atoms with Crippen molar-refractivity contribution in [1.29, 1.82) is 0 Å². The maximum Gasteiger partial charge on any atom is 0.257 e. The van der Waals surface area contributed by atoms with Gasteiger partial charge in [-0.2, -0.15) is 0 Å². The van der Waals surface area contributed by atoms with Crippen LogP contribution in [-0.2, 0) is 6.61 Å². The van der Waals surface area contributed by atoms with Gasteiger partial charge in [-0.25, -0.2) is 9.97 Å². The van der Waals surface area contributed by atoms with E-state index >= 15 is 0 Å². The second kappa shape index (κ2) is 10.4. The number of methoxy groups -OCH3 is 2. The van der Waals surface area contributed by atoms with Crippen molar-refractivity contribution >= 4 is 11.6 Å². The summed E-state index contributed by atoms with van der Waals surface area (Å²) in [6.07, 6.45) is 5.84. The minimum atomic E-state index is -0.159. The van der Waals surface area contributed by atoms with Crippen molar-refractivity contribution in [2.24, 2.45) is 0 Å². The first-order valence-corrected chi connectivity index (χ1v) is 8.81. The molecule has 0 radical (unpaired) electrons. The molecule has 9 nitrogen and oxygen atoms in total. The molecule has 0 spiro atoms. The van der Waals surface area contributed by atoms with Crippen LogP contribution in [0, 0.1) is 0 Å². The molecule has 0 saturated carbocycles. The van der Waals surface area contributed by atoms with Gasteiger partial charge in [-0.1, -0.05) is 19.8 Å². The molecule has 0 unspecified atom stereocenters. The monoisotopic (exact) mass is 377 g/mol. The van der Waals surface area contributed by atoms with Crippen molar-refractivity contribution in [3.63, 3.8) is 0 Å². The Morgan fingerprint density at radius 3 is 2.74 bits per heavy atom. The number of nitrogens with zero attached hydrogens (tertiary/aromatic N) is 3. The van der Waals surface area contributed by atoms with Gasteiger partial charge in [-0.15, -0.1) is 0 Å². The zero-order valence-electron chi connectivity index (χ0n) is 15.9. The van der Waals surface area contributed by atoms with Crippen LogP contribution in [0.2, 0.25) is 0 Å². The third-order valence-corrected chi connectivity index (χ3v) is 3.94. The number of aliphatic hydroxyl groups excluding tert-OH is 1. The lowest BCUT2D eigenvalue weighted by Crippen LogP contribution is -2.25. The second-order valence-corrected chi connectivity index (χ2v) is 5.90. The molecule has 9 heteroatoms. The fraction of sp³-hybridized carbons (Fsp3) is 0.500. The largest absolute Gasteiger partial charge is 0.493 e. The van der Waals surface area contributed by atoms with E-state index in [0.29, 0.717) is 23.0 Å². The van der Waals surface area contributed by atoms with Crippen molar-refractivity contribution in [3.8, 4) is 17.4 Å². The molecular formula is C18H27N5O4. The molecule has 0 aliphatic heterocycles. The summed E-state index contributed by atoms with van der Waals surface area (Å²) in [6, 6.07) is 1.55. The minimum Gasteiger partial charge on any atom is -0.493 e. The first-order valence-electron chi connectivity index (χ1n) is 8.81. The third-order valence-electron chi connectivity index (χ3n) is 3.94. The summed E-state index contributed by atoms with van der Waals surface area (Å²) in [7, 11) is 3.10. The molecule has 0 aromatic carbocycles. The average Bonchev–Trinajstić information content (AvgIpc) is 2.69. The van der Waals surface area contributed by atoms with Crippen molar-refractivity contribution < 1.29 is 19.3 Å². The first-order chi connectivity index (χ1) is 13.1. The molecule has 0 fully saturated rings.